The zero-order chi connectivity index (χ0) is 19.0. The summed E-state index contributed by atoms with van der Waals surface area (Å²) in [5, 5.41) is 3.61. The smallest absolute Gasteiger partial charge is 0.336 e. The molecule has 1 atom stereocenters. The molecule has 4 rings (SSSR count). The summed E-state index contributed by atoms with van der Waals surface area (Å²) >= 11 is 0. The van der Waals surface area contributed by atoms with E-state index in [1.165, 1.54) is 18.2 Å². The highest BCUT2D eigenvalue weighted by Gasteiger charge is 2.23. The molecule has 27 heavy (non-hydrogen) atoms. The maximum atomic E-state index is 12.1. The summed E-state index contributed by atoms with van der Waals surface area (Å²) in [5.41, 5.74) is 4.23. The fraction of sp³-hybridized carbons (Fsp3) is 0.273. The van der Waals surface area contributed by atoms with E-state index in [0.29, 0.717) is 23.9 Å². The van der Waals surface area contributed by atoms with Crippen LogP contribution in [0.2, 0.25) is 0 Å². The van der Waals surface area contributed by atoms with E-state index in [0.717, 1.165) is 23.8 Å². The number of nitrogens with zero attached hydrogens (tertiary/aromatic N) is 1. The lowest BCUT2D eigenvalue weighted by atomic mass is 9.95. The predicted molar refractivity (Wildman–Crippen MR) is 107 cm³/mol. The Balaban J connectivity index is 1.76. The molecule has 1 unspecified atom stereocenters. The topological polar surface area (TPSA) is 62.6 Å². The van der Waals surface area contributed by atoms with Gasteiger partial charge >= 0.3 is 5.63 Å². The molecular formula is C22H22N2O3. The van der Waals surface area contributed by atoms with Gasteiger partial charge in [0.2, 0.25) is 5.91 Å². The second-order valence-corrected chi connectivity index (χ2v) is 7.13. The van der Waals surface area contributed by atoms with Crippen LogP contribution in [0.15, 0.2) is 57.7 Å². The maximum Gasteiger partial charge on any atom is 0.336 e. The van der Waals surface area contributed by atoms with E-state index >= 15 is 0 Å². The molecular weight excluding hydrogens is 340 g/mol. The summed E-state index contributed by atoms with van der Waals surface area (Å²) in [6, 6.07) is 15.9. The van der Waals surface area contributed by atoms with Gasteiger partial charge in [-0.25, -0.2) is 4.79 Å². The molecule has 0 radical (unpaired) electrons. The molecule has 1 aliphatic heterocycles. The maximum absolute atomic E-state index is 12.1. The van der Waals surface area contributed by atoms with E-state index in [4.69, 9.17) is 4.42 Å². The third kappa shape index (κ3) is 3.45. The Hall–Kier alpha value is -3.08. The number of rotatable bonds is 3. The Kier molecular flexibility index (Phi) is 4.44. The normalized spacial score (nSPS) is 16.2. The fourth-order valence-corrected chi connectivity index (χ4v) is 3.83. The van der Waals surface area contributed by atoms with E-state index in [9.17, 15) is 9.59 Å². The van der Waals surface area contributed by atoms with Crippen LogP contribution in [0.5, 0.6) is 0 Å². The molecule has 0 fully saturated rings. The first-order valence-electron chi connectivity index (χ1n) is 9.20. The largest absolute Gasteiger partial charge is 0.423 e. The molecule has 0 saturated heterocycles. The Morgan fingerprint density at radius 2 is 2.04 bits per heavy atom. The summed E-state index contributed by atoms with van der Waals surface area (Å²) in [5.74, 6) is -0.161. The minimum absolute atomic E-state index is 0.161. The van der Waals surface area contributed by atoms with E-state index in [1.807, 2.05) is 12.1 Å². The highest BCUT2D eigenvalue weighted by Crippen LogP contribution is 2.33. The monoisotopic (exact) mass is 362 g/mol. The summed E-state index contributed by atoms with van der Waals surface area (Å²) in [4.78, 5) is 25.8. The first-order valence-corrected chi connectivity index (χ1v) is 9.20. The minimum atomic E-state index is -0.379. The van der Waals surface area contributed by atoms with Crippen molar-refractivity contribution in [1.82, 2.24) is 0 Å². The summed E-state index contributed by atoms with van der Waals surface area (Å²) in [6.45, 7) is 4.31. The van der Waals surface area contributed by atoms with Gasteiger partial charge in [0.25, 0.3) is 0 Å². The van der Waals surface area contributed by atoms with Crippen molar-refractivity contribution in [2.24, 2.45) is 0 Å². The average Bonchev–Trinajstić information content (AvgIpc) is 2.63. The average molecular weight is 362 g/mol. The lowest BCUT2D eigenvalue weighted by Crippen LogP contribution is -2.36. The zero-order valence-electron chi connectivity index (χ0n) is 15.5. The second kappa shape index (κ2) is 6.91. The van der Waals surface area contributed by atoms with Crippen molar-refractivity contribution in [3.63, 3.8) is 0 Å². The third-order valence-corrected chi connectivity index (χ3v) is 5.16. The molecule has 0 aliphatic carbocycles. The number of aryl methyl sites for hydroxylation is 1. The molecule has 1 N–H and O–H groups in total. The predicted octanol–water partition coefficient (Wildman–Crippen LogP) is 4.09. The van der Waals surface area contributed by atoms with Crippen molar-refractivity contribution >= 4 is 28.3 Å². The molecule has 0 bridgehead atoms. The Bertz CT molecular complexity index is 1070. The van der Waals surface area contributed by atoms with E-state index < -0.39 is 0 Å². The van der Waals surface area contributed by atoms with Gasteiger partial charge in [-0.05, 0) is 49.1 Å². The zero-order valence-corrected chi connectivity index (χ0v) is 15.5. The van der Waals surface area contributed by atoms with Crippen LogP contribution >= 0.6 is 0 Å². The Morgan fingerprint density at radius 1 is 1.22 bits per heavy atom. The van der Waals surface area contributed by atoms with Crippen molar-refractivity contribution in [2.75, 3.05) is 10.2 Å². The summed E-state index contributed by atoms with van der Waals surface area (Å²) in [6.07, 6.45) is 2.16. The van der Waals surface area contributed by atoms with Gasteiger partial charge in [-0.15, -0.1) is 0 Å². The summed E-state index contributed by atoms with van der Waals surface area (Å²) < 4.78 is 5.38. The summed E-state index contributed by atoms with van der Waals surface area (Å²) in [7, 11) is 0. The molecule has 138 valence electrons. The van der Waals surface area contributed by atoms with E-state index in [-0.39, 0.29) is 11.5 Å². The number of para-hydroxylation sites is 1. The first kappa shape index (κ1) is 17.3. The highest BCUT2D eigenvalue weighted by atomic mass is 16.4. The van der Waals surface area contributed by atoms with Crippen LogP contribution in [0.1, 0.15) is 31.4 Å². The number of hydrogen-bond donors (Lipinski definition) is 1. The lowest BCUT2D eigenvalue weighted by Gasteiger charge is -2.37. The number of carbonyl (C=O) groups excluding carboxylic acids is 1. The number of fused-ring (bicyclic) bond motifs is 2. The fourth-order valence-electron chi connectivity index (χ4n) is 3.83. The first-order chi connectivity index (χ1) is 13.0. The standard InChI is InChI=1S/C22H22N2O3/c1-14-7-8-16-5-3-4-6-20(16)24(14)13-17-11-22(26)27-21-12-18(23-15(2)25)9-10-19(17)21/h3-6,9-12,14H,7-8,13H2,1-2H3,(H,23,25). The van der Waals surface area contributed by atoms with Gasteiger partial charge in [-0.1, -0.05) is 18.2 Å². The van der Waals surface area contributed by atoms with E-state index in [2.05, 4.69) is 41.4 Å². The van der Waals surface area contributed by atoms with Crippen LogP contribution in [-0.4, -0.2) is 11.9 Å². The van der Waals surface area contributed by atoms with Crippen molar-refractivity contribution in [3.05, 3.63) is 70.1 Å². The Labute approximate surface area is 157 Å². The van der Waals surface area contributed by atoms with Crippen molar-refractivity contribution in [1.29, 1.82) is 0 Å². The van der Waals surface area contributed by atoms with Crippen LogP contribution < -0.4 is 15.8 Å². The molecule has 2 heterocycles. The van der Waals surface area contributed by atoms with Gasteiger partial charge in [-0.2, -0.15) is 0 Å². The van der Waals surface area contributed by atoms with Crippen LogP contribution in [0.3, 0.4) is 0 Å². The highest BCUT2D eigenvalue weighted by molar-refractivity contribution is 5.92. The molecule has 5 nitrogen and oxygen atoms in total. The van der Waals surface area contributed by atoms with Crippen molar-refractivity contribution in [3.8, 4) is 0 Å². The van der Waals surface area contributed by atoms with E-state index in [1.54, 1.807) is 12.1 Å². The molecule has 3 aromatic rings. The number of hydrogen-bond acceptors (Lipinski definition) is 4. The Morgan fingerprint density at radius 3 is 2.85 bits per heavy atom. The molecule has 0 saturated carbocycles. The molecule has 0 spiro atoms. The molecule has 2 aromatic carbocycles. The van der Waals surface area contributed by atoms with Crippen molar-refractivity contribution in [2.45, 2.75) is 39.3 Å². The molecule has 1 amide bonds. The van der Waals surface area contributed by atoms with Gasteiger partial charge < -0.3 is 14.6 Å². The molecule has 5 heteroatoms. The second-order valence-electron chi connectivity index (χ2n) is 7.13. The minimum Gasteiger partial charge on any atom is -0.423 e. The van der Waals surface area contributed by atoms with Crippen LogP contribution in [0.25, 0.3) is 11.0 Å². The molecule has 1 aromatic heterocycles. The van der Waals surface area contributed by atoms with Gasteiger partial charge in [-0.3, -0.25) is 4.79 Å². The third-order valence-electron chi connectivity index (χ3n) is 5.16. The molecule has 1 aliphatic rings. The van der Waals surface area contributed by atoms with Gasteiger partial charge in [0.15, 0.2) is 0 Å². The quantitative estimate of drug-likeness (QED) is 0.713. The van der Waals surface area contributed by atoms with Gasteiger partial charge in [0, 0.05) is 48.4 Å². The number of benzene rings is 2. The van der Waals surface area contributed by atoms with Crippen molar-refractivity contribution < 1.29 is 9.21 Å². The van der Waals surface area contributed by atoms with Crippen LogP contribution in [0.4, 0.5) is 11.4 Å². The van der Waals surface area contributed by atoms with Crippen LogP contribution in [-0.2, 0) is 17.8 Å². The number of amides is 1. The van der Waals surface area contributed by atoms with Gasteiger partial charge in [0.05, 0.1) is 0 Å². The van der Waals surface area contributed by atoms with Gasteiger partial charge in [0.1, 0.15) is 5.58 Å². The number of carbonyl (C=O) groups is 1. The number of nitrogens with one attached hydrogen (secondary N) is 1. The van der Waals surface area contributed by atoms with Crippen LogP contribution in [0, 0.1) is 0 Å². The number of anilines is 2. The SMILES string of the molecule is CC(=O)Nc1ccc2c(CN3c4ccccc4CCC3C)cc(=O)oc2c1. The lowest BCUT2D eigenvalue weighted by molar-refractivity contribution is -0.114.